The van der Waals surface area contributed by atoms with E-state index in [1.165, 1.54) is 4.90 Å². The molecule has 27 heavy (non-hydrogen) atoms. The predicted octanol–water partition coefficient (Wildman–Crippen LogP) is 2.43. The van der Waals surface area contributed by atoms with Crippen LogP contribution in [0.4, 0.5) is 5.69 Å². The molecule has 144 valence electrons. The maximum Gasteiger partial charge on any atom is 0.248 e. The lowest BCUT2D eigenvalue weighted by molar-refractivity contribution is -0.141. The van der Waals surface area contributed by atoms with Crippen molar-refractivity contribution in [2.45, 2.75) is 32.6 Å². The van der Waals surface area contributed by atoms with Gasteiger partial charge in [0, 0.05) is 23.2 Å². The summed E-state index contributed by atoms with van der Waals surface area (Å²) in [5, 5.41) is 0.593. The van der Waals surface area contributed by atoms with E-state index in [2.05, 4.69) is 0 Å². The van der Waals surface area contributed by atoms with E-state index < -0.39 is 0 Å². The lowest BCUT2D eigenvalue weighted by atomic mass is 10.2. The molecular formula is C20H24ClN3O3. The average molecular weight is 390 g/mol. The van der Waals surface area contributed by atoms with Crippen molar-refractivity contribution in [2.24, 2.45) is 11.8 Å². The number of amides is 3. The van der Waals surface area contributed by atoms with Gasteiger partial charge in [0.2, 0.25) is 17.7 Å². The molecule has 1 aromatic carbocycles. The summed E-state index contributed by atoms with van der Waals surface area (Å²) >= 11 is 6.17. The first-order valence-electron chi connectivity index (χ1n) is 9.56. The molecule has 1 aromatic rings. The summed E-state index contributed by atoms with van der Waals surface area (Å²) in [6, 6.07) is 5.42. The Balaban J connectivity index is 1.43. The predicted molar refractivity (Wildman–Crippen MR) is 102 cm³/mol. The summed E-state index contributed by atoms with van der Waals surface area (Å²) in [5.41, 5.74) is 1.55. The fourth-order valence-corrected chi connectivity index (χ4v) is 3.68. The van der Waals surface area contributed by atoms with E-state index in [-0.39, 0.29) is 43.4 Å². The van der Waals surface area contributed by atoms with E-state index in [4.69, 9.17) is 11.6 Å². The molecule has 1 saturated heterocycles. The lowest BCUT2D eigenvalue weighted by Crippen LogP contribution is -2.44. The Morgan fingerprint density at radius 3 is 2.63 bits per heavy atom. The Kier molecular flexibility index (Phi) is 4.84. The zero-order chi connectivity index (χ0) is 19.1. The van der Waals surface area contributed by atoms with Crippen LogP contribution in [-0.4, -0.2) is 53.8 Å². The molecular weight excluding hydrogens is 366 g/mol. The molecule has 2 saturated carbocycles. The second kappa shape index (κ2) is 7.15. The third-order valence-electron chi connectivity index (χ3n) is 5.56. The summed E-state index contributed by atoms with van der Waals surface area (Å²) in [5.74, 6) is 0.438. The average Bonchev–Trinajstić information content (AvgIpc) is 3.55. The van der Waals surface area contributed by atoms with E-state index >= 15 is 0 Å². The van der Waals surface area contributed by atoms with Crippen LogP contribution in [0.5, 0.6) is 0 Å². The smallest absolute Gasteiger partial charge is 0.248 e. The van der Waals surface area contributed by atoms with Crippen LogP contribution in [-0.2, 0) is 14.4 Å². The molecule has 2 aliphatic carbocycles. The topological polar surface area (TPSA) is 60.9 Å². The van der Waals surface area contributed by atoms with Crippen LogP contribution in [0.15, 0.2) is 18.2 Å². The van der Waals surface area contributed by atoms with Gasteiger partial charge < -0.3 is 9.80 Å². The Morgan fingerprint density at radius 2 is 1.96 bits per heavy atom. The maximum absolute atomic E-state index is 12.8. The summed E-state index contributed by atoms with van der Waals surface area (Å²) in [6.07, 6.45) is 4.12. The Labute approximate surface area is 164 Å². The highest BCUT2D eigenvalue weighted by Gasteiger charge is 2.39. The minimum absolute atomic E-state index is 0.0413. The molecule has 3 aliphatic rings. The molecule has 0 bridgehead atoms. The highest BCUT2D eigenvalue weighted by Crippen LogP contribution is 2.35. The molecule has 4 rings (SSSR count). The maximum atomic E-state index is 12.8. The van der Waals surface area contributed by atoms with E-state index in [0.29, 0.717) is 17.5 Å². The zero-order valence-corrected chi connectivity index (χ0v) is 16.2. The number of carbonyl (C=O) groups excluding carboxylic acids is 3. The molecule has 0 unspecified atom stereocenters. The van der Waals surface area contributed by atoms with Gasteiger partial charge in [-0.25, -0.2) is 0 Å². The first-order valence-corrected chi connectivity index (χ1v) is 9.94. The number of nitrogens with zero attached hydrogens (tertiary/aromatic N) is 3. The van der Waals surface area contributed by atoms with Crippen LogP contribution in [0.1, 0.15) is 31.2 Å². The van der Waals surface area contributed by atoms with Gasteiger partial charge in [0.25, 0.3) is 0 Å². The lowest BCUT2D eigenvalue weighted by Gasteiger charge is -2.25. The van der Waals surface area contributed by atoms with E-state index in [1.54, 1.807) is 21.9 Å². The van der Waals surface area contributed by atoms with Gasteiger partial charge in [0.1, 0.15) is 13.2 Å². The van der Waals surface area contributed by atoms with Crippen LogP contribution in [0.25, 0.3) is 0 Å². The molecule has 1 heterocycles. The number of carbonyl (C=O) groups is 3. The summed E-state index contributed by atoms with van der Waals surface area (Å²) in [7, 11) is 0. The molecule has 0 N–H and O–H groups in total. The molecule has 0 radical (unpaired) electrons. The second-order valence-electron chi connectivity index (χ2n) is 7.88. The standard InChI is InChI=1S/C20H24ClN3O3/c1-13-16(21)3-2-4-17(13)24-12-23(11-19(24)26)18(25)10-22(9-14-5-6-14)20(27)15-7-8-15/h2-4,14-15H,5-12H2,1H3. The normalized spacial score (nSPS) is 19.6. The molecule has 0 aromatic heterocycles. The van der Waals surface area contributed by atoms with Crippen LogP contribution in [0.3, 0.4) is 0 Å². The summed E-state index contributed by atoms with van der Waals surface area (Å²) in [4.78, 5) is 42.6. The number of benzene rings is 1. The first kappa shape index (κ1) is 18.3. The monoisotopic (exact) mass is 389 g/mol. The number of hydrogen-bond donors (Lipinski definition) is 0. The molecule has 0 atom stereocenters. The van der Waals surface area contributed by atoms with Crippen LogP contribution in [0.2, 0.25) is 5.02 Å². The van der Waals surface area contributed by atoms with Gasteiger partial charge >= 0.3 is 0 Å². The van der Waals surface area contributed by atoms with Crippen molar-refractivity contribution in [2.75, 3.05) is 31.2 Å². The van der Waals surface area contributed by atoms with Gasteiger partial charge in [0.05, 0.1) is 6.54 Å². The molecule has 3 amide bonds. The van der Waals surface area contributed by atoms with Crippen molar-refractivity contribution in [3.05, 3.63) is 28.8 Å². The van der Waals surface area contributed by atoms with Gasteiger partial charge in [-0.05, 0) is 56.2 Å². The van der Waals surface area contributed by atoms with Crippen LogP contribution in [0, 0.1) is 18.8 Å². The number of halogens is 1. The van der Waals surface area contributed by atoms with Gasteiger partial charge in [-0.2, -0.15) is 0 Å². The molecule has 0 spiro atoms. The third kappa shape index (κ3) is 3.95. The van der Waals surface area contributed by atoms with Gasteiger partial charge in [-0.15, -0.1) is 0 Å². The largest absolute Gasteiger partial charge is 0.333 e. The van der Waals surface area contributed by atoms with Crippen molar-refractivity contribution in [3.8, 4) is 0 Å². The highest BCUT2D eigenvalue weighted by molar-refractivity contribution is 6.31. The van der Waals surface area contributed by atoms with Crippen molar-refractivity contribution in [1.82, 2.24) is 9.80 Å². The summed E-state index contributed by atoms with van der Waals surface area (Å²) < 4.78 is 0. The minimum atomic E-state index is -0.166. The van der Waals surface area contributed by atoms with Gasteiger partial charge in [-0.3, -0.25) is 19.3 Å². The Morgan fingerprint density at radius 1 is 1.22 bits per heavy atom. The van der Waals surface area contributed by atoms with E-state index in [1.807, 2.05) is 13.0 Å². The quantitative estimate of drug-likeness (QED) is 0.750. The number of hydrogen-bond acceptors (Lipinski definition) is 3. The summed E-state index contributed by atoms with van der Waals surface area (Å²) in [6.45, 7) is 2.84. The Hall–Kier alpha value is -2.08. The molecule has 1 aliphatic heterocycles. The minimum Gasteiger partial charge on any atom is -0.333 e. The first-order chi connectivity index (χ1) is 12.9. The van der Waals surface area contributed by atoms with Crippen LogP contribution < -0.4 is 4.90 Å². The van der Waals surface area contributed by atoms with Crippen molar-refractivity contribution in [1.29, 1.82) is 0 Å². The van der Waals surface area contributed by atoms with Crippen molar-refractivity contribution < 1.29 is 14.4 Å². The fourth-order valence-electron chi connectivity index (χ4n) is 3.51. The van der Waals surface area contributed by atoms with Crippen molar-refractivity contribution in [3.63, 3.8) is 0 Å². The number of rotatable bonds is 6. The van der Waals surface area contributed by atoms with Gasteiger partial charge in [-0.1, -0.05) is 17.7 Å². The second-order valence-corrected chi connectivity index (χ2v) is 8.28. The highest BCUT2D eigenvalue weighted by atomic mass is 35.5. The van der Waals surface area contributed by atoms with Gasteiger partial charge in [0.15, 0.2) is 0 Å². The molecule has 6 nitrogen and oxygen atoms in total. The molecule has 3 fully saturated rings. The zero-order valence-electron chi connectivity index (χ0n) is 15.5. The van der Waals surface area contributed by atoms with E-state index in [0.717, 1.165) is 36.9 Å². The number of anilines is 1. The third-order valence-corrected chi connectivity index (χ3v) is 5.97. The SMILES string of the molecule is Cc1c(Cl)cccc1N1CN(C(=O)CN(CC2CC2)C(=O)C2CC2)CC1=O. The fraction of sp³-hybridized carbons (Fsp3) is 0.550. The van der Waals surface area contributed by atoms with E-state index in [9.17, 15) is 14.4 Å². The Bertz CT molecular complexity index is 789. The van der Waals surface area contributed by atoms with Crippen molar-refractivity contribution >= 4 is 35.0 Å². The van der Waals surface area contributed by atoms with Crippen LogP contribution >= 0.6 is 11.6 Å². The molecule has 7 heteroatoms.